The van der Waals surface area contributed by atoms with Crippen LogP contribution in [0.2, 0.25) is 0 Å². The Balaban J connectivity index is 0.00000225. The maximum atomic E-state index is 11.4. The van der Waals surface area contributed by atoms with Gasteiger partial charge in [0.15, 0.2) is 0 Å². The van der Waals surface area contributed by atoms with Crippen molar-refractivity contribution >= 4 is 12.3 Å². The summed E-state index contributed by atoms with van der Waals surface area (Å²) in [5.74, 6) is -1.11. The molecule has 0 amide bonds. The van der Waals surface area contributed by atoms with Gasteiger partial charge >= 0.3 is 0 Å². The van der Waals surface area contributed by atoms with Crippen LogP contribution in [0.15, 0.2) is 24.3 Å². The zero-order valence-corrected chi connectivity index (χ0v) is 11.9. The summed E-state index contributed by atoms with van der Waals surface area (Å²) >= 11 is 0. The Kier molecular flexibility index (Phi) is 7.43. The molecule has 1 aromatic rings. The monoisotopic (exact) mass is 293 g/mol. The van der Waals surface area contributed by atoms with Crippen molar-refractivity contribution in [2.45, 2.75) is 12.8 Å². The molecule has 0 N–H and O–H groups in total. The average Bonchev–Trinajstić information content (AvgIpc) is 2.28. The molecule has 0 saturated heterocycles. The van der Waals surface area contributed by atoms with E-state index in [4.69, 9.17) is 4.74 Å². The summed E-state index contributed by atoms with van der Waals surface area (Å²) in [7, 11) is 0. The molecule has 0 aliphatic carbocycles. The maximum absolute atomic E-state index is 11.4. The Labute approximate surface area is 120 Å². The van der Waals surface area contributed by atoms with Crippen LogP contribution in [-0.4, -0.2) is 18.9 Å². The minimum Gasteiger partial charge on any atom is -0.468 e. The number of esters is 1. The smallest absolute Gasteiger partial charge is 0.271 e. The molecule has 1 rings (SSSR count). The Hall–Kier alpha value is -0.536. The van der Waals surface area contributed by atoms with Gasteiger partial charge in [-0.2, -0.15) is 11.6 Å². The van der Waals surface area contributed by atoms with E-state index >= 15 is 0 Å². The second-order valence-electron chi connectivity index (χ2n) is 2.99. The Morgan fingerprint density at radius 3 is 2.69 bits per heavy atom. The van der Waals surface area contributed by atoms with Gasteiger partial charge in [-0.3, -0.25) is 4.79 Å². The summed E-state index contributed by atoms with van der Waals surface area (Å²) in [6.07, 6.45) is 1.78. The summed E-state index contributed by atoms with van der Waals surface area (Å²) in [4.78, 5) is 22.0. The minimum absolute atomic E-state index is 0. The van der Waals surface area contributed by atoms with Crippen molar-refractivity contribution in [3.8, 4) is 0 Å². The number of rotatable bonds is 4. The molecular weight excluding hydrogens is 281 g/mol. The quantitative estimate of drug-likeness (QED) is 0.626. The minimum atomic E-state index is -0.678. The standard InChI is InChI=1S/C12H12O3.Y/c1-3-15-12(14)9(2)11-7-5-4-6-10(11)8-13;/h4-7,9H,2-3H2,1H3;/q-2;. The number of benzene rings is 1. The first-order valence-corrected chi connectivity index (χ1v) is 4.67. The van der Waals surface area contributed by atoms with E-state index in [1.165, 1.54) is 0 Å². The van der Waals surface area contributed by atoms with Crippen molar-refractivity contribution in [3.63, 3.8) is 0 Å². The van der Waals surface area contributed by atoms with Crippen LogP contribution >= 0.6 is 0 Å². The molecule has 0 heterocycles. The van der Waals surface area contributed by atoms with Gasteiger partial charge in [0.2, 0.25) is 0 Å². The molecule has 83 valence electrons. The van der Waals surface area contributed by atoms with Crippen LogP contribution in [0, 0.1) is 6.92 Å². The molecule has 0 bridgehead atoms. The van der Waals surface area contributed by atoms with Crippen molar-refractivity contribution in [2.24, 2.45) is 0 Å². The van der Waals surface area contributed by atoms with Gasteiger partial charge in [0.05, 0.1) is 12.9 Å². The van der Waals surface area contributed by atoms with E-state index < -0.39 is 11.9 Å². The zero-order valence-electron chi connectivity index (χ0n) is 9.10. The molecule has 0 fully saturated rings. The van der Waals surface area contributed by atoms with Gasteiger partial charge in [0.25, 0.3) is 5.97 Å². The molecule has 4 heteroatoms. The molecule has 0 spiro atoms. The van der Waals surface area contributed by atoms with Crippen molar-refractivity contribution in [1.82, 2.24) is 0 Å². The molecule has 1 aromatic carbocycles. The van der Waals surface area contributed by atoms with Gasteiger partial charge in [0, 0.05) is 32.7 Å². The van der Waals surface area contributed by atoms with Crippen LogP contribution in [0.4, 0.5) is 0 Å². The summed E-state index contributed by atoms with van der Waals surface area (Å²) in [6, 6.07) is 6.73. The first-order valence-electron chi connectivity index (χ1n) is 4.67. The van der Waals surface area contributed by atoms with Crippen LogP contribution in [0.5, 0.6) is 0 Å². The van der Waals surface area contributed by atoms with Gasteiger partial charge in [0.1, 0.15) is 0 Å². The van der Waals surface area contributed by atoms with Crippen molar-refractivity contribution < 1.29 is 47.0 Å². The first kappa shape index (κ1) is 15.5. The predicted octanol–water partition coefficient (Wildman–Crippen LogP) is 1.62. The largest absolute Gasteiger partial charge is 0.468 e. The van der Waals surface area contributed by atoms with Gasteiger partial charge < -0.3 is 16.5 Å². The predicted molar refractivity (Wildman–Crippen MR) is 56.0 cm³/mol. The molecule has 1 unspecified atom stereocenters. The van der Waals surface area contributed by atoms with E-state index in [-0.39, 0.29) is 32.7 Å². The molecule has 0 aromatic heterocycles. The number of carbonyl (C=O) groups excluding carboxylic acids is 2. The Bertz CT molecular complexity index is 363. The van der Waals surface area contributed by atoms with E-state index in [0.717, 1.165) is 0 Å². The molecule has 1 radical (unpaired) electrons. The zero-order chi connectivity index (χ0) is 11.3. The van der Waals surface area contributed by atoms with E-state index in [2.05, 4.69) is 6.92 Å². The van der Waals surface area contributed by atoms with Crippen LogP contribution in [0.1, 0.15) is 24.0 Å². The number of carbonyl (C=O) groups is 1. The van der Waals surface area contributed by atoms with Crippen LogP contribution in [0.3, 0.4) is 0 Å². The van der Waals surface area contributed by atoms with Gasteiger partial charge in [-0.1, -0.05) is 12.0 Å². The molecule has 1 atom stereocenters. The van der Waals surface area contributed by atoms with Gasteiger partial charge in [-0.15, -0.1) is 17.7 Å². The van der Waals surface area contributed by atoms with E-state index in [1.807, 2.05) is 0 Å². The van der Waals surface area contributed by atoms with Gasteiger partial charge in [-0.25, -0.2) is 0 Å². The van der Waals surface area contributed by atoms with Crippen LogP contribution < -0.4 is 0 Å². The third-order valence-electron chi connectivity index (χ3n) is 2.02. The fourth-order valence-electron chi connectivity index (χ4n) is 1.26. The topological polar surface area (TPSA) is 43.4 Å². The second-order valence-corrected chi connectivity index (χ2v) is 2.99. The Morgan fingerprint density at radius 2 is 2.12 bits per heavy atom. The number of hydrogen-bond acceptors (Lipinski definition) is 3. The molecule has 3 nitrogen and oxygen atoms in total. The van der Waals surface area contributed by atoms with E-state index in [0.29, 0.717) is 17.7 Å². The van der Waals surface area contributed by atoms with Crippen molar-refractivity contribution in [3.05, 3.63) is 42.3 Å². The molecule has 0 aliphatic heterocycles. The SMILES string of the molecule is [CH2-]C(C(=O)OCC)c1ccccc1[C-]=O.[Y]. The molecule has 0 aliphatic rings. The van der Waals surface area contributed by atoms with Crippen molar-refractivity contribution in [1.29, 1.82) is 0 Å². The fourth-order valence-corrected chi connectivity index (χ4v) is 1.26. The molecule has 16 heavy (non-hydrogen) atoms. The van der Waals surface area contributed by atoms with E-state index in [9.17, 15) is 9.59 Å². The fraction of sp³-hybridized carbons (Fsp3) is 0.250. The summed E-state index contributed by atoms with van der Waals surface area (Å²) in [5.41, 5.74) is 0.900. The molecular formula is C12H12O3Y-2. The normalized spacial score (nSPS) is 11.1. The third-order valence-corrected chi connectivity index (χ3v) is 2.02. The average molecular weight is 293 g/mol. The summed E-state index contributed by atoms with van der Waals surface area (Å²) in [5, 5.41) is 0. The van der Waals surface area contributed by atoms with Crippen LogP contribution in [-0.2, 0) is 47.0 Å². The Morgan fingerprint density at radius 1 is 1.50 bits per heavy atom. The second kappa shape index (κ2) is 7.69. The summed E-state index contributed by atoms with van der Waals surface area (Å²) in [6.45, 7) is 5.71. The number of hydrogen-bond donors (Lipinski definition) is 0. The third kappa shape index (κ3) is 3.80. The van der Waals surface area contributed by atoms with E-state index in [1.54, 1.807) is 37.5 Å². The first-order chi connectivity index (χ1) is 7.20. The number of ether oxygens (including phenoxy) is 1. The van der Waals surface area contributed by atoms with Crippen LogP contribution in [0.25, 0.3) is 0 Å². The van der Waals surface area contributed by atoms with Gasteiger partial charge in [-0.05, 0) is 6.92 Å². The summed E-state index contributed by atoms with van der Waals surface area (Å²) < 4.78 is 4.83. The maximum Gasteiger partial charge on any atom is 0.271 e. The molecule has 0 saturated carbocycles. The van der Waals surface area contributed by atoms with Crippen molar-refractivity contribution in [2.75, 3.05) is 6.61 Å².